The van der Waals surface area contributed by atoms with Crippen molar-refractivity contribution in [2.45, 2.75) is 51.4 Å². The van der Waals surface area contributed by atoms with Crippen molar-refractivity contribution < 1.29 is 18.3 Å². The van der Waals surface area contributed by atoms with E-state index in [1.807, 2.05) is 0 Å². The van der Waals surface area contributed by atoms with Gasteiger partial charge in [0.25, 0.3) is 0 Å². The highest BCUT2D eigenvalue weighted by Crippen LogP contribution is 2.42. The minimum Gasteiger partial charge on any atom is -0.426 e. The molecule has 0 amide bonds. The number of carbonyl (C=O) groups is 1. The van der Waals surface area contributed by atoms with E-state index in [2.05, 4.69) is 6.08 Å². The van der Waals surface area contributed by atoms with Gasteiger partial charge in [-0.3, -0.25) is 4.79 Å². The van der Waals surface area contributed by atoms with Crippen LogP contribution in [0.4, 0.5) is 8.78 Å². The van der Waals surface area contributed by atoms with Crippen LogP contribution in [0.3, 0.4) is 0 Å². The zero-order chi connectivity index (χ0) is 18.5. The second-order valence-corrected chi connectivity index (χ2v) is 7.85. The van der Waals surface area contributed by atoms with Gasteiger partial charge in [-0.1, -0.05) is 17.7 Å². The minimum absolute atomic E-state index is 0.0710. The van der Waals surface area contributed by atoms with Crippen LogP contribution in [0.25, 0.3) is 0 Å². The van der Waals surface area contributed by atoms with Crippen molar-refractivity contribution in [1.29, 1.82) is 0 Å². The summed E-state index contributed by atoms with van der Waals surface area (Å²) in [4.78, 5) is 12.3. The van der Waals surface area contributed by atoms with E-state index in [4.69, 9.17) is 16.3 Å². The van der Waals surface area contributed by atoms with Gasteiger partial charge in [-0.2, -0.15) is 0 Å². The van der Waals surface area contributed by atoms with E-state index in [0.29, 0.717) is 11.8 Å². The number of hydrogen-bond acceptors (Lipinski definition) is 2. The normalized spacial score (nSPS) is 29.7. The Labute approximate surface area is 158 Å². The molecule has 0 bridgehead atoms. The maximum Gasteiger partial charge on any atom is 0.314 e. The van der Waals surface area contributed by atoms with Gasteiger partial charge in [-0.05, 0) is 81.3 Å². The average Bonchev–Trinajstić information content (AvgIpc) is 2.66. The number of carbonyl (C=O) groups excluding carboxylic acids is 1. The van der Waals surface area contributed by atoms with Crippen LogP contribution in [-0.2, 0) is 4.79 Å². The maximum absolute atomic E-state index is 13.2. The summed E-state index contributed by atoms with van der Waals surface area (Å²) >= 11 is 5.68. The SMILES string of the molecule is O=C(Oc1ccc(F)c(F)c1)[C@H]1CC[C@H](C2CCC(/C=C/Cl)CC2)CC1. The fraction of sp³-hybridized carbons (Fsp3) is 0.571. The third-order valence-electron chi connectivity index (χ3n) is 6.04. The summed E-state index contributed by atoms with van der Waals surface area (Å²) in [5, 5.41) is 0. The van der Waals surface area contributed by atoms with Gasteiger partial charge in [-0.15, -0.1) is 0 Å². The Morgan fingerprint density at radius 2 is 1.58 bits per heavy atom. The van der Waals surface area contributed by atoms with Crippen molar-refractivity contribution in [3.05, 3.63) is 41.4 Å². The minimum atomic E-state index is -1.00. The van der Waals surface area contributed by atoms with Crippen molar-refractivity contribution in [1.82, 2.24) is 0 Å². The molecule has 1 aromatic carbocycles. The van der Waals surface area contributed by atoms with E-state index < -0.39 is 11.6 Å². The number of hydrogen-bond donors (Lipinski definition) is 0. The second-order valence-electron chi connectivity index (χ2n) is 7.60. The summed E-state index contributed by atoms with van der Waals surface area (Å²) in [5.41, 5.74) is 1.63. The molecule has 0 atom stereocenters. The first-order valence-electron chi connectivity index (χ1n) is 9.50. The molecule has 0 aliphatic heterocycles. The fourth-order valence-electron chi connectivity index (χ4n) is 4.48. The van der Waals surface area contributed by atoms with E-state index in [-0.39, 0.29) is 17.6 Å². The molecule has 0 spiro atoms. The maximum atomic E-state index is 13.2. The largest absolute Gasteiger partial charge is 0.426 e. The lowest BCUT2D eigenvalue weighted by Crippen LogP contribution is -2.30. The number of esters is 1. The number of allylic oxidation sites excluding steroid dienone is 1. The van der Waals surface area contributed by atoms with E-state index in [1.165, 1.54) is 31.7 Å². The molecule has 26 heavy (non-hydrogen) atoms. The van der Waals surface area contributed by atoms with Crippen molar-refractivity contribution in [2.75, 3.05) is 0 Å². The molecule has 0 saturated heterocycles. The first-order chi connectivity index (χ1) is 12.6. The highest BCUT2D eigenvalue weighted by Gasteiger charge is 2.33. The van der Waals surface area contributed by atoms with Gasteiger partial charge in [0.1, 0.15) is 5.75 Å². The lowest BCUT2D eigenvalue weighted by atomic mass is 9.69. The highest BCUT2D eigenvalue weighted by atomic mass is 35.5. The van der Waals surface area contributed by atoms with Gasteiger partial charge < -0.3 is 4.74 Å². The Morgan fingerprint density at radius 3 is 2.15 bits per heavy atom. The summed E-state index contributed by atoms with van der Waals surface area (Å²) < 4.78 is 31.4. The van der Waals surface area contributed by atoms with Crippen molar-refractivity contribution in [3.63, 3.8) is 0 Å². The predicted octanol–water partition coefficient (Wildman–Crippen LogP) is 6.24. The van der Waals surface area contributed by atoms with Gasteiger partial charge in [-0.25, -0.2) is 8.78 Å². The number of benzene rings is 1. The van der Waals surface area contributed by atoms with E-state index in [9.17, 15) is 13.6 Å². The highest BCUT2D eigenvalue weighted by molar-refractivity contribution is 6.25. The lowest BCUT2D eigenvalue weighted by Gasteiger charge is -2.36. The molecule has 0 heterocycles. The Hall–Kier alpha value is -1.42. The van der Waals surface area contributed by atoms with Gasteiger partial charge in [0.05, 0.1) is 5.92 Å². The monoisotopic (exact) mass is 382 g/mol. The molecule has 0 radical (unpaired) electrons. The Bertz CT molecular complexity index is 645. The zero-order valence-electron chi connectivity index (χ0n) is 14.8. The molecule has 0 unspecified atom stereocenters. The van der Waals surface area contributed by atoms with Crippen LogP contribution in [0.1, 0.15) is 51.4 Å². The van der Waals surface area contributed by atoms with Gasteiger partial charge in [0.2, 0.25) is 0 Å². The smallest absolute Gasteiger partial charge is 0.314 e. The Balaban J connectivity index is 1.46. The molecule has 0 aromatic heterocycles. The molecule has 2 aliphatic rings. The van der Waals surface area contributed by atoms with Crippen LogP contribution in [0.15, 0.2) is 29.8 Å². The van der Waals surface area contributed by atoms with Crippen molar-refractivity contribution in [3.8, 4) is 5.75 Å². The standard InChI is InChI=1S/C21H25ClF2O2/c22-12-11-14-1-3-15(4-2-14)16-5-7-17(8-6-16)21(25)26-18-9-10-19(23)20(24)13-18/h9-17H,1-8H2/b12-11+/t14?,15?,16-,17-. The number of halogens is 3. The van der Waals surface area contributed by atoms with Crippen LogP contribution in [-0.4, -0.2) is 5.97 Å². The van der Waals surface area contributed by atoms with Crippen molar-refractivity contribution >= 4 is 17.6 Å². The van der Waals surface area contributed by atoms with Gasteiger partial charge >= 0.3 is 5.97 Å². The summed E-state index contributed by atoms with van der Waals surface area (Å²) in [6.45, 7) is 0. The van der Waals surface area contributed by atoms with Gasteiger partial charge in [0.15, 0.2) is 11.6 Å². The molecular formula is C21H25ClF2O2. The summed E-state index contributed by atoms with van der Waals surface area (Å²) in [6.07, 6.45) is 10.7. The van der Waals surface area contributed by atoms with Gasteiger partial charge in [0, 0.05) is 11.6 Å². The summed E-state index contributed by atoms with van der Waals surface area (Å²) in [6, 6.07) is 3.19. The molecule has 2 nitrogen and oxygen atoms in total. The summed E-state index contributed by atoms with van der Waals surface area (Å²) in [7, 11) is 0. The molecule has 3 rings (SSSR count). The molecule has 2 fully saturated rings. The number of rotatable bonds is 4. The quantitative estimate of drug-likeness (QED) is 0.455. The molecule has 5 heteroatoms. The average molecular weight is 383 g/mol. The third kappa shape index (κ3) is 4.85. The van der Waals surface area contributed by atoms with Crippen LogP contribution >= 0.6 is 11.6 Å². The molecule has 2 aliphatic carbocycles. The van der Waals surface area contributed by atoms with E-state index >= 15 is 0 Å². The summed E-state index contributed by atoms with van der Waals surface area (Å²) in [5.74, 6) is -0.297. The van der Waals surface area contributed by atoms with Crippen LogP contribution in [0.5, 0.6) is 5.75 Å². The van der Waals surface area contributed by atoms with Crippen molar-refractivity contribution in [2.24, 2.45) is 23.7 Å². The first-order valence-corrected chi connectivity index (χ1v) is 9.94. The zero-order valence-corrected chi connectivity index (χ0v) is 15.6. The van der Waals surface area contributed by atoms with E-state index in [1.54, 1.807) is 5.54 Å². The number of ether oxygens (including phenoxy) is 1. The first kappa shape index (κ1) is 19.3. The lowest BCUT2D eigenvalue weighted by molar-refractivity contribution is -0.140. The molecule has 1 aromatic rings. The van der Waals surface area contributed by atoms with E-state index in [0.717, 1.165) is 43.7 Å². The van der Waals surface area contributed by atoms with Crippen LogP contribution < -0.4 is 4.74 Å². The predicted molar refractivity (Wildman–Crippen MR) is 97.9 cm³/mol. The second kappa shape index (κ2) is 8.98. The topological polar surface area (TPSA) is 26.3 Å². The Morgan fingerprint density at radius 1 is 0.962 bits per heavy atom. The van der Waals surface area contributed by atoms with Crippen LogP contribution in [0, 0.1) is 35.3 Å². The molecule has 0 N–H and O–H groups in total. The fourth-order valence-corrected chi connectivity index (χ4v) is 4.68. The third-order valence-corrected chi connectivity index (χ3v) is 6.19. The molecule has 142 valence electrons. The molecular weight excluding hydrogens is 358 g/mol. The molecule has 2 saturated carbocycles. The van der Waals surface area contributed by atoms with Crippen LogP contribution in [0.2, 0.25) is 0 Å². The Kier molecular flexibility index (Phi) is 6.68.